The van der Waals surface area contributed by atoms with E-state index in [-0.39, 0.29) is 12.0 Å². The number of nitrogens with zero attached hydrogens (tertiary/aromatic N) is 1. The van der Waals surface area contributed by atoms with Crippen LogP contribution in [0.2, 0.25) is 0 Å². The highest BCUT2D eigenvalue weighted by Gasteiger charge is 2.24. The molecule has 0 bridgehead atoms. The summed E-state index contributed by atoms with van der Waals surface area (Å²) in [5.41, 5.74) is 0. The maximum atomic E-state index is 11.5. The topological polar surface area (TPSA) is 53.6 Å². The van der Waals surface area contributed by atoms with Crippen molar-refractivity contribution in [1.29, 1.82) is 0 Å². The van der Waals surface area contributed by atoms with Crippen LogP contribution in [0.25, 0.3) is 0 Å². The molecule has 1 aliphatic heterocycles. The Bertz CT molecular complexity index is 237. The van der Waals surface area contributed by atoms with Gasteiger partial charge in [-0.25, -0.2) is 0 Å². The molecule has 5 nitrogen and oxygen atoms in total. The van der Waals surface area contributed by atoms with Crippen LogP contribution < -0.4 is 10.6 Å². The van der Waals surface area contributed by atoms with Crippen molar-refractivity contribution in [2.45, 2.75) is 25.0 Å². The number of carbonyl (C=O) groups excluding carboxylic acids is 1. The van der Waals surface area contributed by atoms with Gasteiger partial charge in [0.2, 0.25) is 5.91 Å². The van der Waals surface area contributed by atoms with E-state index in [0.717, 1.165) is 39.1 Å². The molecule has 0 aromatic rings. The van der Waals surface area contributed by atoms with Crippen LogP contribution in [0.1, 0.15) is 12.8 Å². The molecule has 0 spiro atoms. The third kappa shape index (κ3) is 4.08. The Morgan fingerprint density at radius 3 is 3.00 bits per heavy atom. The van der Waals surface area contributed by atoms with Crippen LogP contribution in [-0.2, 0) is 9.53 Å². The molecule has 1 aliphatic carbocycles. The molecule has 1 amide bonds. The minimum atomic E-state index is 0.133. The lowest BCUT2D eigenvalue weighted by atomic mass is 10.3. The highest BCUT2D eigenvalue weighted by atomic mass is 16.5. The fraction of sp³-hybridized carbons (Fsp3) is 0.909. The monoisotopic (exact) mass is 227 g/mol. The van der Waals surface area contributed by atoms with E-state index in [9.17, 15) is 4.79 Å². The third-order valence-corrected chi connectivity index (χ3v) is 2.88. The molecule has 2 N–H and O–H groups in total. The molecule has 2 fully saturated rings. The Balaban J connectivity index is 1.61. The van der Waals surface area contributed by atoms with Gasteiger partial charge in [0, 0.05) is 25.7 Å². The number of rotatable bonds is 5. The quantitative estimate of drug-likeness (QED) is 0.645. The van der Waals surface area contributed by atoms with Crippen LogP contribution in [0.3, 0.4) is 0 Å². The van der Waals surface area contributed by atoms with Crippen molar-refractivity contribution < 1.29 is 9.53 Å². The number of amides is 1. The van der Waals surface area contributed by atoms with E-state index in [4.69, 9.17) is 4.74 Å². The number of likely N-dealkylation sites (N-methyl/N-ethyl adjacent to an activating group) is 1. The summed E-state index contributed by atoms with van der Waals surface area (Å²) < 4.78 is 5.59. The average Bonchev–Trinajstić information content (AvgIpc) is 3.02. The molecule has 1 atom stereocenters. The second-order valence-electron chi connectivity index (χ2n) is 4.74. The highest BCUT2D eigenvalue weighted by molar-refractivity contribution is 5.78. The van der Waals surface area contributed by atoms with Crippen molar-refractivity contribution in [3.05, 3.63) is 0 Å². The number of hydrogen-bond donors (Lipinski definition) is 2. The first kappa shape index (κ1) is 11.8. The Morgan fingerprint density at radius 1 is 1.56 bits per heavy atom. The second kappa shape index (κ2) is 5.61. The van der Waals surface area contributed by atoms with Crippen LogP contribution >= 0.6 is 0 Å². The van der Waals surface area contributed by atoms with E-state index < -0.39 is 0 Å². The van der Waals surface area contributed by atoms with Gasteiger partial charge in [0.05, 0.1) is 19.3 Å². The summed E-state index contributed by atoms with van der Waals surface area (Å²) in [4.78, 5) is 13.6. The summed E-state index contributed by atoms with van der Waals surface area (Å²) in [5, 5.41) is 6.27. The summed E-state index contributed by atoms with van der Waals surface area (Å²) in [6.07, 6.45) is 2.50. The largest absolute Gasteiger partial charge is 0.374 e. The summed E-state index contributed by atoms with van der Waals surface area (Å²) in [7, 11) is 1.96. The van der Waals surface area contributed by atoms with Gasteiger partial charge in [0.1, 0.15) is 0 Å². The predicted octanol–water partition coefficient (Wildman–Crippen LogP) is -0.815. The van der Waals surface area contributed by atoms with Gasteiger partial charge in [-0.15, -0.1) is 0 Å². The van der Waals surface area contributed by atoms with E-state index >= 15 is 0 Å². The van der Waals surface area contributed by atoms with Crippen molar-refractivity contribution in [1.82, 2.24) is 15.5 Å². The summed E-state index contributed by atoms with van der Waals surface area (Å²) >= 11 is 0. The van der Waals surface area contributed by atoms with Gasteiger partial charge in [0.15, 0.2) is 0 Å². The molecule has 16 heavy (non-hydrogen) atoms. The molecular formula is C11H21N3O2. The Hall–Kier alpha value is -0.650. The zero-order valence-electron chi connectivity index (χ0n) is 9.87. The van der Waals surface area contributed by atoms with Gasteiger partial charge >= 0.3 is 0 Å². The van der Waals surface area contributed by atoms with Gasteiger partial charge in [0.25, 0.3) is 0 Å². The SMILES string of the molecule is CN(CC(=O)NC1CC1)CC1CNCCO1. The Kier molecular flexibility index (Phi) is 4.15. The lowest BCUT2D eigenvalue weighted by Crippen LogP contribution is -2.46. The van der Waals surface area contributed by atoms with Crippen molar-refractivity contribution in [2.24, 2.45) is 0 Å². The second-order valence-corrected chi connectivity index (χ2v) is 4.74. The standard InChI is InChI=1S/C11H21N3O2/c1-14(7-10-6-12-4-5-16-10)8-11(15)13-9-2-3-9/h9-10,12H,2-8H2,1H3,(H,13,15). The van der Waals surface area contributed by atoms with E-state index in [0.29, 0.717) is 12.6 Å². The molecule has 92 valence electrons. The fourth-order valence-electron chi connectivity index (χ4n) is 1.90. The van der Waals surface area contributed by atoms with E-state index in [1.807, 2.05) is 11.9 Å². The molecule has 0 aromatic carbocycles. The molecule has 1 saturated heterocycles. The minimum absolute atomic E-state index is 0.133. The Labute approximate surface area is 96.5 Å². The predicted molar refractivity (Wildman–Crippen MR) is 61.3 cm³/mol. The van der Waals surface area contributed by atoms with Crippen LogP contribution in [0, 0.1) is 0 Å². The van der Waals surface area contributed by atoms with Crippen LogP contribution in [0.15, 0.2) is 0 Å². The van der Waals surface area contributed by atoms with Crippen LogP contribution in [0.4, 0.5) is 0 Å². The minimum Gasteiger partial charge on any atom is -0.374 e. The molecule has 1 heterocycles. The molecular weight excluding hydrogens is 206 g/mol. The first-order valence-electron chi connectivity index (χ1n) is 6.04. The molecule has 0 radical (unpaired) electrons. The number of ether oxygens (including phenoxy) is 1. The highest BCUT2D eigenvalue weighted by Crippen LogP contribution is 2.18. The summed E-state index contributed by atoms with van der Waals surface area (Å²) in [5.74, 6) is 0.133. The van der Waals surface area contributed by atoms with Crippen molar-refractivity contribution in [3.8, 4) is 0 Å². The van der Waals surface area contributed by atoms with Crippen molar-refractivity contribution >= 4 is 5.91 Å². The third-order valence-electron chi connectivity index (χ3n) is 2.88. The first-order chi connectivity index (χ1) is 7.74. The fourth-order valence-corrected chi connectivity index (χ4v) is 1.90. The number of nitrogens with one attached hydrogen (secondary N) is 2. The molecule has 2 aliphatic rings. The van der Waals surface area contributed by atoms with Gasteiger partial charge in [-0.05, 0) is 19.9 Å². The lowest BCUT2D eigenvalue weighted by Gasteiger charge is -2.27. The first-order valence-corrected chi connectivity index (χ1v) is 6.04. The van der Waals surface area contributed by atoms with E-state index in [1.165, 1.54) is 0 Å². The van der Waals surface area contributed by atoms with E-state index in [2.05, 4.69) is 10.6 Å². The van der Waals surface area contributed by atoms with Crippen molar-refractivity contribution in [3.63, 3.8) is 0 Å². The average molecular weight is 227 g/mol. The number of morpholine rings is 1. The van der Waals surface area contributed by atoms with Gasteiger partial charge < -0.3 is 15.4 Å². The van der Waals surface area contributed by atoms with Crippen LogP contribution in [-0.4, -0.2) is 62.8 Å². The molecule has 5 heteroatoms. The molecule has 1 saturated carbocycles. The molecule has 0 aromatic heterocycles. The zero-order valence-corrected chi connectivity index (χ0v) is 9.87. The maximum Gasteiger partial charge on any atom is 0.234 e. The van der Waals surface area contributed by atoms with Crippen LogP contribution in [0.5, 0.6) is 0 Å². The smallest absolute Gasteiger partial charge is 0.234 e. The Morgan fingerprint density at radius 2 is 2.38 bits per heavy atom. The lowest BCUT2D eigenvalue weighted by molar-refractivity contribution is -0.122. The molecule has 1 unspecified atom stereocenters. The number of carbonyl (C=O) groups is 1. The van der Waals surface area contributed by atoms with Gasteiger partial charge in [-0.2, -0.15) is 0 Å². The maximum absolute atomic E-state index is 11.5. The van der Waals surface area contributed by atoms with Gasteiger partial charge in [-0.1, -0.05) is 0 Å². The molecule has 2 rings (SSSR count). The van der Waals surface area contributed by atoms with Crippen molar-refractivity contribution in [2.75, 3.05) is 39.8 Å². The summed E-state index contributed by atoms with van der Waals surface area (Å²) in [6.45, 7) is 3.87. The summed E-state index contributed by atoms with van der Waals surface area (Å²) in [6, 6.07) is 0.452. The van der Waals surface area contributed by atoms with E-state index in [1.54, 1.807) is 0 Å². The number of hydrogen-bond acceptors (Lipinski definition) is 4. The van der Waals surface area contributed by atoms with Gasteiger partial charge in [-0.3, -0.25) is 9.69 Å². The normalized spacial score (nSPS) is 25.8. The zero-order chi connectivity index (χ0) is 11.4.